The number of nitrogens with two attached hydrogens (primary N) is 1. The molecule has 5 N–H and O–H groups in total. The summed E-state index contributed by atoms with van der Waals surface area (Å²) < 4.78 is 26.9. The lowest BCUT2D eigenvalue weighted by atomic mass is 9.97. The molecule has 0 aliphatic carbocycles. The molecule has 0 bridgehead atoms. The number of phenols is 1. The molecule has 1 aliphatic rings. The normalized spacial score (nSPS) is 24.2. The highest BCUT2D eigenvalue weighted by molar-refractivity contribution is 7.61. The van der Waals surface area contributed by atoms with Crippen LogP contribution in [-0.2, 0) is 15.9 Å². The number of nitrogens with zero attached hydrogens (tertiary/aromatic N) is 1. The van der Waals surface area contributed by atoms with Crippen LogP contribution in [0.4, 0.5) is 4.39 Å². The van der Waals surface area contributed by atoms with Crippen LogP contribution in [0.5, 0.6) is 5.75 Å². The fourth-order valence-corrected chi connectivity index (χ4v) is 6.40. The van der Waals surface area contributed by atoms with E-state index in [-0.39, 0.29) is 38.0 Å². The van der Waals surface area contributed by atoms with Gasteiger partial charge in [-0.15, -0.1) is 0 Å². The third-order valence-electron chi connectivity index (χ3n) is 5.94. The van der Waals surface area contributed by atoms with Crippen LogP contribution >= 0.6 is 7.37 Å². The second-order valence-electron chi connectivity index (χ2n) is 8.07. The van der Waals surface area contributed by atoms with Gasteiger partial charge in [0.2, 0.25) is 7.37 Å². The zero-order valence-corrected chi connectivity index (χ0v) is 18.1. The Morgan fingerprint density at radius 1 is 1.23 bits per heavy atom. The second kappa shape index (κ2) is 9.49. The number of aliphatic carboxylic acids is 1. The number of hydrogen-bond donors (Lipinski definition) is 4. The lowest BCUT2D eigenvalue weighted by Crippen LogP contribution is -2.53. The lowest BCUT2D eigenvalue weighted by Gasteiger charge is -2.43. The van der Waals surface area contributed by atoms with Crippen molar-refractivity contribution < 1.29 is 28.9 Å². The zero-order chi connectivity index (χ0) is 22.6. The van der Waals surface area contributed by atoms with Crippen molar-refractivity contribution in [2.24, 2.45) is 5.73 Å². The molecule has 1 saturated heterocycles. The van der Waals surface area contributed by atoms with Gasteiger partial charge in [-0.3, -0.25) is 14.3 Å². The van der Waals surface area contributed by atoms with Crippen LogP contribution < -0.4 is 5.73 Å². The summed E-state index contributed by atoms with van der Waals surface area (Å²) in [5, 5.41) is 18.0. The molecule has 0 spiro atoms. The second-order valence-corrected chi connectivity index (χ2v) is 10.8. The Labute approximate surface area is 180 Å². The smallest absolute Gasteiger partial charge is 0.320 e. The first-order chi connectivity index (χ1) is 14.7. The molecule has 168 valence electrons. The molecule has 2 aromatic carbocycles. The molecule has 1 unspecified atom stereocenters. The van der Waals surface area contributed by atoms with Crippen LogP contribution in [0.15, 0.2) is 42.5 Å². The standard InChI is InChI=1S/C22H28FN2O5P/c23-18-7-6-17(20(13-18)16-4-3-5-19(26)12-16)14-25-10-11-31(29,30)22(15-25,21(27)28)8-1-2-9-24/h3-7,12-13,26H,1-2,8-11,14-15,24H2,(H,27,28)(H,29,30)/t22-/m0/s1. The summed E-state index contributed by atoms with van der Waals surface area (Å²) >= 11 is 0. The number of benzene rings is 2. The largest absolute Gasteiger partial charge is 0.508 e. The Bertz CT molecular complexity index is 1000. The van der Waals surface area contributed by atoms with Gasteiger partial charge in [0.05, 0.1) is 0 Å². The van der Waals surface area contributed by atoms with Crippen LogP contribution in [0.25, 0.3) is 11.1 Å². The fraction of sp³-hybridized carbons (Fsp3) is 0.409. The summed E-state index contributed by atoms with van der Waals surface area (Å²) in [6.07, 6.45) is 0.984. The molecule has 2 atom stereocenters. The number of rotatable bonds is 8. The van der Waals surface area contributed by atoms with E-state index in [1.807, 2.05) is 4.90 Å². The fourth-order valence-electron chi connectivity index (χ4n) is 4.19. The number of carboxylic acids is 1. The van der Waals surface area contributed by atoms with Crippen molar-refractivity contribution in [2.45, 2.75) is 31.0 Å². The van der Waals surface area contributed by atoms with Gasteiger partial charge in [0.25, 0.3) is 0 Å². The first kappa shape index (κ1) is 23.4. The third-order valence-corrected chi connectivity index (χ3v) is 8.64. The predicted octanol–water partition coefficient (Wildman–Crippen LogP) is 3.24. The van der Waals surface area contributed by atoms with Crippen LogP contribution in [-0.4, -0.2) is 56.9 Å². The molecule has 1 fully saturated rings. The van der Waals surface area contributed by atoms with Crippen molar-refractivity contribution in [3.63, 3.8) is 0 Å². The van der Waals surface area contributed by atoms with E-state index in [1.165, 1.54) is 24.3 Å². The topological polar surface area (TPSA) is 124 Å². The molecular weight excluding hydrogens is 422 g/mol. The third kappa shape index (κ3) is 4.99. The van der Waals surface area contributed by atoms with Gasteiger partial charge in [0.15, 0.2) is 5.16 Å². The Kier molecular flexibility index (Phi) is 7.17. The Morgan fingerprint density at radius 3 is 2.68 bits per heavy atom. The Balaban J connectivity index is 1.91. The van der Waals surface area contributed by atoms with Crippen LogP contribution in [0.2, 0.25) is 0 Å². The molecule has 0 amide bonds. The number of aromatic hydroxyl groups is 1. The van der Waals surface area contributed by atoms with E-state index in [4.69, 9.17) is 5.73 Å². The van der Waals surface area contributed by atoms with Gasteiger partial charge in [-0.1, -0.05) is 24.6 Å². The summed E-state index contributed by atoms with van der Waals surface area (Å²) in [5.41, 5.74) is 7.47. The molecular formula is C22H28FN2O5P. The quantitative estimate of drug-likeness (QED) is 0.360. The molecule has 31 heavy (non-hydrogen) atoms. The Morgan fingerprint density at radius 2 is 2.00 bits per heavy atom. The maximum Gasteiger partial charge on any atom is 0.320 e. The van der Waals surface area contributed by atoms with E-state index >= 15 is 0 Å². The summed E-state index contributed by atoms with van der Waals surface area (Å²) in [6, 6.07) is 10.8. The van der Waals surface area contributed by atoms with Crippen molar-refractivity contribution in [3.8, 4) is 16.9 Å². The molecule has 9 heteroatoms. The van der Waals surface area contributed by atoms with Crippen molar-refractivity contribution in [1.82, 2.24) is 4.90 Å². The van der Waals surface area contributed by atoms with Gasteiger partial charge in [0.1, 0.15) is 11.6 Å². The molecule has 1 heterocycles. The monoisotopic (exact) mass is 450 g/mol. The molecule has 0 aromatic heterocycles. The summed E-state index contributed by atoms with van der Waals surface area (Å²) in [7, 11) is -3.93. The number of unbranched alkanes of at least 4 members (excludes halogenated alkanes) is 1. The van der Waals surface area contributed by atoms with E-state index in [9.17, 15) is 28.9 Å². The summed E-state index contributed by atoms with van der Waals surface area (Å²) in [5.74, 6) is -1.65. The maximum atomic E-state index is 14.0. The van der Waals surface area contributed by atoms with Crippen molar-refractivity contribution in [3.05, 3.63) is 53.8 Å². The first-order valence-corrected chi connectivity index (χ1v) is 12.1. The molecule has 7 nitrogen and oxygen atoms in total. The maximum absolute atomic E-state index is 14.0. The number of halogens is 1. The summed E-state index contributed by atoms with van der Waals surface area (Å²) in [4.78, 5) is 24.6. The van der Waals surface area contributed by atoms with E-state index in [0.29, 0.717) is 30.5 Å². The Hall–Kier alpha value is -2.25. The molecule has 0 radical (unpaired) electrons. The van der Waals surface area contributed by atoms with Crippen LogP contribution in [0.3, 0.4) is 0 Å². The highest BCUT2D eigenvalue weighted by atomic mass is 31.2. The van der Waals surface area contributed by atoms with Gasteiger partial charge in [0, 0.05) is 25.8 Å². The van der Waals surface area contributed by atoms with Gasteiger partial charge in [-0.05, 0) is 60.3 Å². The number of phenolic OH excluding ortho intramolecular Hbond substituents is 1. The highest BCUT2D eigenvalue weighted by Crippen LogP contribution is 2.59. The van der Waals surface area contributed by atoms with Gasteiger partial charge < -0.3 is 20.8 Å². The van der Waals surface area contributed by atoms with Crippen molar-refractivity contribution >= 4 is 13.3 Å². The zero-order valence-electron chi connectivity index (χ0n) is 17.2. The average Bonchev–Trinajstić information content (AvgIpc) is 2.71. The number of hydrogen-bond acceptors (Lipinski definition) is 5. The molecule has 2 aromatic rings. The van der Waals surface area contributed by atoms with E-state index in [0.717, 1.165) is 5.56 Å². The van der Waals surface area contributed by atoms with E-state index in [2.05, 4.69) is 0 Å². The number of carbonyl (C=O) groups is 1. The van der Waals surface area contributed by atoms with E-state index in [1.54, 1.807) is 18.2 Å². The molecule has 3 rings (SSSR count). The van der Waals surface area contributed by atoms with Crippen LogP contribution in [0.1, 0.15) is 24.8 Å². The van der Waals surface area contributed by atoms with Gasteiger partial charge >= 0.3 is 5.97 Å². The SMILES string of the molecule is NCCCC[C@@]1(C(=O)O)CN(Cc2ccc(F)cc2-c2cccc(O)c2)CCP1(=O)O. The first-order valence-electron chi connectivity index (χ1n) is 10.2. The van der Waals surface area contributed by atoms with Crippen molar-refractivity contribution in [2.75, 3.05) is 25.8 Å². The minimum atomic E-state index is -3.93. The average molecular weight is 450 g/mol. The highest BCUT2D eigenvalue weighted by Gasteiger charge is 2.56. The molecule has 0 saturated carbocycles. The van der Waals surface area contributed by atoms with Crippen molar-refractivity contribution in [1.29, 1.82) is 0 Å². The predicted molar refractivity (Wildman–Crippen MR) is 117 cm³/mol. The number of carboxylic acid groups (broad SMARTS) is 1. The molecule has 1 aliphatic heterocycles. The minimum Gasteiger partial charge on any atom is -0.508 e. The lowest BCUT2D eigenvalue weighted by molar-refractivity contribution is -0.141. The van der Waals surface area contributed by atoms with Gasteiger partial charge in [-0.25, -0.2) is 4.39 Å². The minimum absolute atomic E-state index is 0.0525. The van der Waals surface area contributed by atoms with Crippen LogP contribution in [0, 0.1) is 5.82 Å². The van der Waals surface area contributed by atoms with Gasteiger partial charge in [-0.2, -0.15) is 0 Å². The van der Waals surface area contributed by atoms with E-state index < -0.39 is 24.3 Å². The summed E-state index contributed by atoms with van der Waals surface area (Å²) in [6.45, 7) is 0.864.